The maximum atomic E-state index is 13.5. The molecule has 0 atom stereocenters. The van der Waals surface area contributed by atoms with Crippen LogP contribution in [-0.4, -0.2) is 15.2 Å². The Labute approximate surface area is 127 Å². The minimum Gasteiger partial charge on any atom is -0.507 e. The van der Waals surface area contributed by atoms with Gasteiger partial charge >= 0.3 is 0 Å². The van der Waals surface area contributed by atoms with Gasteiger partial charge in [-0.05, 0) is 53.4 Å². The minimum atomic E-state index is -0.353. The number of benzene rings is 2. The summed E-state index contributed by atoms with van der Waals surface area (Å²) in [6.45, 7) is 3.79. The monoisotopic (exact) mass is 297 g/mol. The Balaban J connectivity index is 2.26. The second-order valence-electron chi connectivity index (χ2n) is 5.60. The summed E-state index contributed by atoms with van der Waals surface area (Å²) in [4.78, 5) is 4.21. The van der Waals surface area contributed by atoms with Gasteiger partial charge in [0.1, 0.15) is 17.3 Å². The summed E-state index contributed by atoms with van der Waals surface area (Å²) >= 11 is 0. The first-order chi connectivity index (χ1) is 10.5. The van der Waals surface area contributed by atoms with Crippen LogP contribution >= 0.6 is 0 Å². The number of pyridine rings is 1. The highest BCUT2D eigenvalue weighted by atomic mass is 19.1. The normalized spacial score (nSPS) is 11.3. The lowest BCUT2D eigenvalue weighted by Crippen LogP contribution is -1.91. The lowest BCUT2D eigenvalue weighted by Gasteiger charge is -2.14. The molecule has 112 valence electrons. The largest absolute Gasteiger partial charge is 0.507 e. The maximum absolute atomic E-state index is 13.5. The van der Waals surface area contributed by atoms with E-state index in [-0.39, 0.29) is 23.2 Å². The fraction of sp³-hybridized carbons (Fsp3) is 0.167. The van der Waals surface area contributed by atoms with Gasteiger partial charge in [0.2, 0.25) is 0 Å². The van der Waals surface area contributed by atoms with Crippen LogP contribution in [0.5, 0.6) is 11.5 Å². The quantitative estimate of drug-likeness (QED) is 0.728. The van der Waals surface area contributed by atoms with Crippen LogP contribution in [0.1, 0.15) is 25.3 Å². The molecule has 2 N–H and O–H groups in total. The number of fused-ring (bicyclic) bond motifs is 1. The zero-order chi connectivity index (χ0) is 15.9. The number of halogens is 1. The van der Waals surface area contributed by atoms with E-state index in [4.69, 9.17) is 0 Å². The third-order valence-corrected chi connectivity index (χ3v) is 3.73. The standard InChI is InChI=1S/C18H16FNO2/c1-10(2)18-16(21)7-11(8-17(18)22)13-5-6-20-15-4-3-12(19)9-14(13)15/h3-10,21-22H,1-2H3. The van der Waals surface area contributed by atoms with Gasteiger partial charge in [0, 0.05) is 17.1 Å². The van der Waals surface area contributed by atoms with E-state index in [9.17, 15) is 14.6 Å². The molecule has 1 aromatic heterocycles. The Morgan fingerprint density at radius 2 is 1.68 bits per heavy atom. The first-order valence-corrected chi connectivity index (χ1v) is 7.08. The summed E-state index contributed by atoms with van der Waals surface area (Å²) < 4.78 is 13.5. The lowest BCUT2D eigenvalue weighted by atomic mass is 9.95. The number of phenols is 2. The Kier molecular flexibility index (Phi) is 3.45. The predicted molar refractivity (Wildman–Crippen MR) is 84.6 cm³/mol. The highest BCUT2D eigenvalue weighted by molar-refractivity contribution is 5.94. The first kappa shape index (κ1) is 14.3. The van der Waals surface area contributed by atoms with Crippen LogP contribution < -0.4 is 0 Å². The van der Waals surface area contributed by atoms with E-state index in [0.717, 1.165) is 0 Å². The third-order valence-electron chi connectivity index (χ3n) is 3.73. The zero-order valence-electron chi connectivity index (χ0n) is 12.3. The fourth-order valence-corrected chi connectivity index (χ4v) is 2.74. The molecule has 3 nitrogen and oxygen atoms in total. The predicted octanol–water partition coefficient (Wildman–Crippen LogP) is 4.58. The molecule has 0 radical (unpaired) electrons. The molecule has 1 heterocycles. The molecule has 0 aliphatic heterocycles. The average Bonchev–Trinajstić information content (AvgIpc) is 2.45. The third kappa shape index (κ3) is 2.37. The van der Waals surface area contributed by atoms with Crippen molar-refractivity contribution < 1.29 is 14.6 Å². The number of phenolic OH excluding ortho intramolecular Hbond substituents is 2. The van der Waals surface area contributed by atoms with Crippen LogP contribution in [-0.2, 0) is 0 Å². The van der Waals surface area contributed by atoms with E-state index in [0.29, 0.717) is 27.6 Å². The van der Waals surface area contributed by atoms with Gasteiger partial charge in [0.25, 0.3) is 0 Å². The van der Waals surface area contributed by atoms with E-state index in [2.05, 4.69) is 4.98 Å². The van der Waals surface area contributed by atoms with Crippen LogP contribution in [0.25, 0.3) is 22.0 Å². The molecule has 3 aromatic rings. The Bertz CT molecular complexity index is 836. The van der Waals surface area contributed by atoms with Gasteiger partial charge in [-0.3, -0.25) is 4.98 Å². The SMILES string of the molecule is CC(C)c1c(O)cc(-c2ccnc3ccc(F)cc23)cc1O. The molecule has 2 aromatic carbocycles. The number of aromatic hydroxyl groups is 2. The van der Waals surface area contributed by atoms with Crippen molar-refractivity contribution in [1.82, 2.24) is 4.98 Å². The molecular formula is C18H16FNO2. The van der Waals surface area contributed by atoms with E-state index in [1.54, 1.807) is 30.5 Å². The fourth-order valence-electron chi connectivity index (χ4n) is 2.74. The minimum absolute atomic E-state index is 0.000628. The molecule has 0 bridgehead atoms. The van der Waals surface area contributed by atoms with Gasteiger partial charge in [-0.2, -0.15) is 0 Å². The summed E-state index contributed by atoms with van der Waals surface area (Å²) in [5, 5.41) is 21.0. The van der Waals surface area contributed by atoms with Crippen molar-refractivity contribution in [2.45, 2.75) is 19.8 Å². The smallest absolute Gasteiger partial charge is 0.123 e. The molecule has 0 fully saturated rings. The van der Waals surface area contributed by atoms with Gasteiger partial charge in [0.05, 0.1) is 5.52 Å². The number of rotatable bonds is 2. The maximum Gasteiger partial charge on any atom is 0.123 e. The van der Waals surface area contributed by atoms with Gasteiger partial charge in [-0.15, -0.1) is 0 Å². The van der Waals surface area contributed by atoms with Crippen LogP contribution in [0.3, 0.4) is 0 Å². The van der Waals surface area contributed by atoms with Crippen molar-refractivity contribution in [3.05, 3.63) is 54.0 Å². The van der Waals surface area contributed by atoms with Crippen molar-refractivity contribution in [2.75, 3.05) is 0 Å². The number of aromatic nitrogens is 1. The molecule has 0 saturated heterocycles. The Morgan fingerprint density at radius 3 is 2.32 bits per heavy atom. The molecule has 0 spiro atoms. The topological polar surface area (TPSA) is 53.4 Å². The molecule has 0 aliphatic rings. The van der Waals surface area contributed by atoms with Crippen molar-refractivity contribution in [2.24, 2.45) is 0 Å². The second-order valence-corrected chi connectivity index (χ2v) is 5.60. The summed E-state index contributed by atoms with van der Waals surface area (Å²) in [6.07, 6.45) is 1.63. The molecule has 0 unspecified atom stereocenters. The molecule has 0 saturated carbocycles. The summed E-state index contributed by atoms with van der Waals surface area (Å²) in [5.41, 5.74) is 2.50. The Hall–Kier alpha value is -2.62. The van der Waals surface area contributed by atoms with E-state index in [1.165, 1.54) is 12.1 Å². The Morgan fingerprint density at radius 1 is 1.00 bits per heavy atom. The van der Waals surface area contributed by atoms with Crippen molar-refractivity contribution in [1.29, 1.82) is 0 Å². The second kappa shape index (κ2) is 5.30. The average molecular weight is 297 g/mol. The number of hydrogen-bond donors (Lipinski definition) is 2. The van der Waals surface area contributed by atoms with Gasteiger partial charge < -0.3 is 10.2 Å². The highest BCUT2D eigenvalue weighted by Gasteiger charge is 2.15. The zero-order valence-corrected chi connectivity index (χ0v) is 12.3. The summed E-state index contributed by atoms with van der Waals surface area (Å²) in [7, 11) is 0. The molecule has 4 heteroatoms. The van der Waals surface area contributed by atoms with Gasteiger partial charge in [-0.25, -0.2) is 4.39 Å². The summed E-state index contributed by atoms with van der Waals surface area (Å²) in [5.74, 6) is -0.285. The van der Waals surface area contributed by atoms with Gasteiger partial charge in [-0.1, -0.05) is 13.8 Å². The van der Waals surface area contributed by atoms with E-state index < -0.39 is 0 Å². The van der Waals surface area contributed by atoms with Crippen molar-refractivity contribution in [3.63, 3.8) is 0 Å². The van der Waals surface area contributed by atoms with Crippen LogP contribution in [0.15, 0.2) is 42.6 Å². The molecule has 0 amide bonds. The molecule has 3 rings (SSSR count). The van der Waals surface area contributed by atoms with Crippen LogP contribution in [0.2, 0.25) is 0 Å². The van der Waals surface area contributed by atoms with E-state index >= 15 is 0 Å². The first-order valence-electron chi connectivity index (χ1n) is 7.08. The van der Waals surface area contributed by atoms with Crippen LogP contribution in [0.4, 0.5) is 4.39 Å². The van der Waals surface area contributed by atoms with Crippen molar-refractivity contribution >= 4 is 10.9 Å². The molecule has 22 heavy (non-hydrogen) atoms. The van der Waals surface area contributed by atoms with E-state index in [1.807, 2.05) is 13.8 Å². The lowest BCUT2D eigenvalue weighted by molar-refractivity contribution is 0.434. The highest BCUT2D eigenvalue weighted by Crippen LogP contribution is 2.39. The number of nitrogens with zero attached hydrogens (tertiary/aromatic N) is 1. The molecular weight excluding hydrogens is 281 g/mol. The molecule has 0 aliphatic carbocycles. The van der Waals surface area contributed by atoms with Crippen LogP contribution in [0, 0.1) is 5.82 Å². The van der Waals surface area contributed by atoms with Gasteiger partial charge in [0.15, 0.2) is 0 Å². The van der Waals surface area contributed by atoms with Crippen molar-refractivity contribution in [3.8, 4) is 22.6 Å². The number of hydrogen-bond acceptors (Lipinski definition) is 3. The summed E-state index contributed by atoms with van der Waals surface area (Å²) in [6, 6.07) is 9.29.